The van der Waals surface area contributed by atoms with Crippen molar-refractivity contribution < 1.29 is 14.3 Å². The quantitative estimate of drug-likeness (QED) is 0.740. The van der Waals surface area contributed by atoms with E-state index >= 15 is 0 Å². The molecule has 1 heterocycles. The van der Waals surface area contributed by atoms with Crippen LogP contribution < -0.4 is 20.5 Å². The number of para-hydroxylation sites is 2. The maximum atomic E-state index is 12.1. The average molecular weight is 308 g/mol. The van der Waals surface area contributed by atoms with Gasteiger partial charge in [-0.2, -0.15) is 0 Å². The van der Waals surface area contributed by atoms with Gasteiger partial charge in [0.25, 0.3) is 0 Å². The van der Waals surface area contributed by atoms with E-state index in [9.17, 15) is 4.79 Å². The van der Waals surface area contributed by atoms with Crippen LogP contribution in [0, 0.1) is 0 Å². The number of methoxy groups -OCH3 is 1. The zero-order valence-electron chi connectivity index (χ0n) is 13.0. The molecule has 0 spiro atoms. The molecule has 22 heavy (non-hydrogen) atoms. The first-order valence-electron chi connectivity index (χ1n) is 7.45. The van der Waals surface area contributed by atoms with E-state index in [1.165, 1.54) is 0 Å². The summed E-state index contributed by atoms with van der Waals surface area (Å²) in [5.41, 5.74) is 5.54. The Morgan fingerprint density at radius 2 is 1.91 bits per heavy atom. The van der Waals surface area contributed by atoms with Crippen LogP contribution in [0.3, 0.4) is 0 Å². The SMILES string of the molecule is COc1ccccc1OCNC(=O)N1CCN(CCN)CC1. The molecule has 0 saturated carbocycles. The summed E-state index contributed by atoms with van der Waals surface area (Å²) in [5.74, 6) is 1.25. The largest absolute Gasteiger partial charge is 0.493 e. The van der Waals surface area contributed by atoms with E-state index in [4.69, 9.17) is 15.2 Å². The van der Waals surface area contributed by atoms with E-state index in [0.717, 1.165) is 19.6 Å². The summed E-state index contributed by atoms with van der Waals surface area (Å²) in [6, 6.07) is 7.23. The van der Waals surface area contributed by atoms with Crippen molar-refractivity contribution >= 4 is 6.03 Å². The van der Waals surface area contributed by atoms with Crippen LogP contribution in [0.15, 0.2) is 24.3 Å². The Hall–Kier alpha value is -1.99. The second-order valence-corrected chi connectivity index (χ2v) is 5.04. The molecule has 3 N–H and O–H groups in total. The highest BCUT2D eigenvalue weighted by Gasteiger charge is 2.20. The summed E-state index contributed by atoms with van der Waals surface area (Å²) >= 11 is 0. The highest BCUT2D eigenvalue weighted by Crippen LogP contribution is 2.25. The second kappa shape index (κ2) is 8.45. The van der Waals surface area contributed by atoms with Crippen LogP contribution in [0.4, 0.5) is 4.79 Å². The summed E-state index contributed by atoms with van der Waals surface area (Å²) < 4.78 is 10.7. The molecule has 0 radical (unpaired) electrons. The average Bonchev–Trinajstić information content (AvgIpc) is 2.56. The fourth-order valence-corrected chi connectivity index (χ4v) is 2.38. The van der Waals surface area contributed by atoms with Crippen LogP contribution in [0.2, 0.25) is 0 Å². The van der Waals surface area contributed by atoms with E-state index in [1.807, 2.05) is 18.2 Å². The molecule has 1 fully saturated rings. The smallest absolute Gasteiger partial charge is 0.320 e. The van der Waals surface area contributed by atoms with Crippen LogP contribution in [-0.2, 0) is 0 Å². The number of urea groups is 1. The Bertz CT molecular complexity index is 476. The number of nitrogens with zero attached hydrogens (tertiary/aromatic N) is 2. The Kier molecular flexibility index (Phi) is 6.29. The molecular weight excluding hydrogens is 284 g/mol. The molecule has 1 aliphatic rings. The number of piperazine rings is 1. The van der Waals surface area contributed by atoms with Gasteiger partial charge >= 0.3 is 6.03 Å². The maximum absolute atomic E-state index is 12.1. The van der Waals surface area contributed by atoms with Gasteiger partial charge in [-0.25, -0.2) is 4.79 Å². The zero-order valence-corrected chi connectivity index (χ0v) is 13.0. The number of carbonyl (C=O) groups excluding carboxylic acids is 1. The van der Waals surface area contributed by atoms with Crippen LogP contribution >= 0.6 is 0 Å². The highest BCUT2D eigenvalue weighted by atomic mass is 16.5. The molecule has 2 rings (SSSR count). The molecule has 1 saturated heterocycles. The molecule has 7 heteroatoms. The third-order valence-electron chi connectivity index (χ3n) is 3.62. The van der Waals surface area contributed by atoms with Gasteiger partial charge in [-0.3, -0.25) is 4.90 Å². The molecule has 122 valence electrons. The lowest BCUT2D eigenvalue weighted by atomic mass is 10.3. The van der Waals surface area contributed by atoms with Gasteiger partial charge in [0.1, 0.15) is 0 Å². The summed E-state index contributed by atoms with van der Waals surface area (Å²) in [4.78, 5) is 16.1. The summed E-state index contributed by atoms with van der Waals surface area (Å²) in [6.07, 6.45) is 0. The number of rotatable bonds is 6. The second-order valence-electron chi connectivity index (χ2n) is 5.04. The lowest BCUT2D eigenvalue weighted by Crippen LogP contribution is -2.52. The summed E-state index contributed by atoms with van der Waals surface area (Å²) in [6.45, 7) is 4.78. The Morgan fingerprint density at radius 3 is 2.55 bits per heavy atom. The maximum Gasteiger partial charge on any atom is 0.320 e. The fourth-order valence-electron chi connectivity index (χ4n) is 2.38. The lowest BCUT2D eigenvalue weighted by molar-refractivity contribution is 0.135. The third kappa shape index (κ3) is 4.51. The van der Waals surface area contributed by atoms with Crippen LogP contribution in [0.25, 0.3) is 0 Å². The van der Waals surface area contributed by atoms with E-state index < -0.39 is 0 Å². The molecule has 1 aliphatic heterocycles. The van der Waals surface area contributed by atoms with Crippen molar-refractivity contribution in [3.05, 3.63) is 24.3 Å². The summed E-state index contributed by atoms with van der Waals surface area (Å²) in [7, 11) is 1.58. The highest BCUT2D eigenvalue weighted by molar-refractivity contribution is 5.74. The number of ether oxygens (including phenoxy) is 2. The lowest BCUT2D eigenvalue weighted by Gasteiger charge is -2.34. The van der Waals surface area contributed by atoms with Gasteiger partial charge in [-0.15, -0.1) is 0 Å². The van der Waals surface area contributed by atoms with Crippen molar-refractivity contribution in [2.45, 2.75) is 0 Å². The van der Waals surface area contributed by atoms with Crippen LogP contribution in [0.5, 0.6) is 11.5 Å². The predicted octanol–water partition coefficient (Wildman–Crippen LogP) is 0.317. The number of benzene rings is 1. The minimum absolute atomic E-state index is 0.109. The van der Waals surface area contributed by atoms with Gasteiger partial charge in [0.2, 0.25) is 0 Å². The Morgan fingerprint density at radius 1 is 1.23 bits per heavy atom. The molecule has 0 atom stereocenters. The molecule has 1 aromatic carbocycles. The van der Waals surface area contributed by atoms with Gasteiger partial charge in [-0.05, 0) is 12.1 Å². The minimum Gasteiger partial charge on any atom is -0.493 e. The van der Waals surface area contributed by atoms with E-state index in [0.29, 0.717) is 31.1 Å². The Labute approximate surface area is 131 Å². The van der Waals surface area contributed by atoms with Crippen molar-refractivity contribution in [2.75, 3.05) is 53.1 Å². The molecule has 0 unspecified atom stereocenters. The van der Waals surface area contributed by atoms with Gasteiger partial charge in [0, 0.05) is 39.3 Å². The minimum atomic E-state index is -0.109. The number of carbonyl (C=O) groups is 1. The topological polar surface area (TPSA) is 80.1 Å². The first kappa shape index (κ1) is 16.4. The standard InChI is InChI=1S/C15H24N4O3/c1-21-13-4-2-3-5-14(13)22-12-17-15(20)19-10-8-18(7-6-16)9-11-19/h2-5H,6-12,16H2,1H3,(H,17,20). The van der Waals surface area contributed by atoms with Crippen molar-refractivity contribution in [3.63, 3.8) is 0 Å². The van der Waals surface area contributed by atoms with Gasteiger partial charge in [0.15, 0.2) is 18.2 Å². The molecule has 7 nitrogen and oxygen atoms in total. The van der Waals surface area contributed by atoms with Crippen molar-refractivity contribution in [3.8, 4) is 11.5 Å². The van der Waals surface area contributed by atoms with Crippen LogP contribution in [-0.4, -0.2) is 68.9 Å². The van der Waals surface area contributed by atoms with Gasteiger partial charge in [-0.1, -0.05) is 12.1 Å². The summed E-state index contributed by atoms with van der Waals surface area (Å²) in [5, 5.41) is 2.77. The number of hydrogen-bond donors (Lipinski definition) is 2. The van der Waals surface area contributed by atoms with Gasteiger partial charge < -0.3 is 25.4 Å². The van der Waals surface area contributed by atoms with Gasteiger partial charge in [0.05, 0.1) is 7.11 Å². The molecular formula is C15H24N4O3. The molecule has 0 bridgehead atoms. The number of nitrogens with two attached hydrogens (primary N) is 1. The fraction of sp³-hybridized carbons (Fsp3) is 0.533. The molecule has 1 aromatic rings. The molecule has 0 aliphatic carbocycles. The van der Waals surface area contributed by atoms with Crippen molar-refractivity contribution in [2.24, 2.45) is 5.73 Å². The van der Waals surface area contributed by atoms with Crippen molar-refractivity contribution in [1.29, 1.82) is 0 Å². The van der Waals surface area contributed by atoms with Crippen LogP contribution in [0.1, 0.15) is 0 Å². The van der Waals surface area contributed by atoms with E-state index in [1.54, 1.807) is 18.1 Å². The van der Waals surface area contributed by atoms with Crippen molar-refractivity contribution in [1.82, 2.24) is 15.1 Å². The molecule has 2 amide bonds. The predicted molar refractivity (Wildman–Crippen MR) is 84.1 cm³/mol. The normalized spacial score (nSPS) is 15.5. The van der Waals surface area contributed by atoms with E-state index in [-0.39, 0.29) is 12.8 Å². The third-order valence-corrected chi connectivity index (χ3v) is 3.62. The number of amides is 2. The van der Waals surface area contributed by atoms with E-state index in [2.05, 4.69) is 10.2 Å². The number of hydrogen-bond acceptors (Lipinski definition) is 5. The first-order valence-corrected chi connectivity index (χ1v) is 7.45. The monoisotopic (exact) mass is 308 g/mol. The molecule has 0 aromatic heterocycles. The zero-order chi connectivity index (χ0) is 15.8. The Balaban J connectivity index is 1.72. The first-order chi connectivity index (χ1) is 10.7. The number of nitrogens with one attached hydrogen (secondary N) is 1.